The van der Waals surface area contributed by atoms with Crippen LogP contribution in [0.1, 0.15) is 27.5 Å². The van der Waals surface area contributed by atoms with Crippen LogP contribution in [0, 0.1) is 12.8 Å². The quantitative estimate of drug-likeness (QED) is 0.800. The van der Waals surface area contributed by atoms with Crippen molar-refractivity contribution in [2.24, 2.45) is 11.7 Å². The molecule has 4 rings (SSSR count). The number of nitrogens with two attached hydrogens (primary N) is 1. The van der Waals surface area contributed by atoms with Crippen LogP contribution in [0.2, 0.25) is 0 Å². The third-order valence-electron chi connectivity index (χ3n) is 5.09. The van der Waals surface area contributed by atoms with Crippen molar-refractivity contribution in [1.29, 1.82) is 0 Å². The van der Waals surface area contributed by atoms with Gasteiger partial charge in [-0.1, -0.05) is 30.3 Å². The summed E-state index contributed by atoms with van der Waals surface area (Å²) in [7, 11) is 0. The van der Waals surface area contributed by atoms with Gasteiger partial charge in [0.2, 0.25) is 0 Å². The van der Waals surface area contributed by atoms with Crippen LogP contribution in [0.5, 0.6) is 0 Å². The minimum absolute atomic E-state index is 0.0155. The van der Waals surface area contributed by atoms with Crippen LogP contribution >= 0.6 is 0 Å². The zero-order valence-corrected chi connectivity index (χ0v) is 14.3. The number of hydrogen-bond acceptors (Lipinski definition) is 3. The number of amides is 1. The molecule has 1 aliphatic heterocycles. The molecule has 1 saturated heterocycles. The van der Waals surface area contributed by atoms with Crippen molar-refractivity contribution >= 4 is 11.6 Å². The fourth-order valence-electron chi connectivity index (χ4n) is 3.70. The summed E-state index contributed by atoms with van der Waals surface area (Å²) in [5.41, 5.74) is 9.66. The summed E-state index contributed by atoms with van der Waals surface area (Å²) in [5.74, 6) is 0.554. The number of nitrogens with zero attached hydrogens (tertiary/aromatic N) is 3. The van der Waals surface area contributed by atoms with E-state index in [1.807, 2.05) is 58.9 Å². The Morgan fingerprint density at radius 2 is 2.04 bits per heavy atom. The van der Waals surface area contributed by atoms with Gasteiger partial charge in [0.15, 0.2) is 0 Å². The van der Waals surface area contributed by atoms with Crippen LogP contribution < -0.4 is 5.73 Å². The monoisotopic (exact) mass is 334 g/mol. The number of aryl methyl sites for hydroxylation is 1. The molecular formula is C20H22N4O. The summed E-state index contributed by atoms with van der Waals surface area (Å²) in [6, 6.07) is 14.3. The highest BCUT2D eigenvalue weighted by Crippen LogP contribution is 2.32. The Labute approximate surface area is 147 Å². The number of carbonyl (C=O) groups is 1. The number of pyridine rings is 1. The molecule has 128 valence electrons. The summed E-state index contributed by atoms with van der Waals surface area (Å²) in [6.45, 7) is 3.97. The van der Waals surface area contributed by atoms with Gasteiger partial charge < -0.3 is 15.0 Å². The highest BCUT2D eigenvalue weighted by atomic mass is 16.2. The topological polar surface area (TPSA) is 63.6 Å². The number of benzene rings is 1. The van der Waals surface area contributed by atoms with Gasteiger partial charge in [0.05, 0.1) is 0 Å². The maximum atomic E-state index is 12.9. The first-order valence-electron chi connectivity index (χ1n) is 8.65. The van der Waals surface area contributed by atoms with Crippen molar-refractivity contribution in [3.05, 3.63) is 71.7 Å². The Bertz CT molecular complexity index is 902. The molecule has 0 radical (unpaired) electrons. The second kappa shape index (κ2) is 6.33. The zero-order valence-electron chi connectivity index (χ0n) is 14.3. The van der Waals surface area contributed by atoms with E-state index in [1.54, 1.807) is 0 Å². The lowest BCUT2D eigenvalue weighted by molar-refractivity contribution is 0.0781. The lowest BCUT2D eigenvalue weighted by atomic mass is 9.89. The van der Waals surface area contributed by atoms with Crippen LogP contribution in [-0.4, -0.2) is 39.8 Å². The Kier molecular flexibility index (Phi) is 4.01. The first-order valence-corrected chi connectivity index (χ1v) is 8.65. The zero-order chi connectivity index (χ0) is 17.4. The SMILES string of the molecule is Cc1ccn2cc(C(=O)N3C[C@@H](CN)[C@H](c4ccccc4)C3)nc2c1. The molecule has 5 heteroatoms. The van der Waals surface area contributed by atoms with E-state index >= 15 is 0 Å². The third-order valence-corrected chi connectivity index (χ3v) is 5.09. The van der Waals surface area contributed by atoms with E-state index in [-0.39, 0.29) is 17.7 Å². The predicted octanol–water partition coefficient (Wildman–Crippen LogP) is 2.46. The van der Waals surface area contributed by atoms with Crippen LogP contribution in [-0.2, 0) is 0 Å². The molecule has 0 bridgehead atoms. The highest BCUT2D eigenvalue weighted by molar-refractivity contribution is 5.93. The molecule has 2 atom stereocenters. The van der Waals surface area contributed by atoms with Crippen LogP contribution in [0.25, 0.3) is 5.65 Å². The lowest BCUT2D eigenvalue weighted by Gasteiger charge is -2.16. The van der Waals surface area contributed by atoms with E-state index in [1.165, 1.54) is 5.56 Å². The van der Waals surface area contributed by atoms with Crippen molar-refractivity contribution in [3.8, 4) is 0 Å². The molecule has 1 aliphatic rings. The number of rotatable bonds is 3. The fraction of sp³-hybridized carbons (Fsp3) is 0.300. The number of aromatic nitrogens is 2. The molecule has 0 aliphatic carbocycles. The number of hydrogen-bond donors (Lipinski definition) is 1. The maximum absolute atomic E-state index is 12.9. The molecule has 1 fully saturated rings. The minimum Gasteiger partial charge on any atom is -0.336 e. The lowest BCUT2D eigenvalue weighted by Crippen LogP contribution is -2.30. The van der Waals surface area contributed by atoms with Crippen molar-refractivity contribution in [2.75, 3.05) is 19.6 Å². The van der Waals surface area contributed by atoms with Crippen LogP contribution in [0.15, 0.2) is 54.9 Å². The fourth-order valence-corrected chi connectivity index (χ4v) is 3.70. The minimum atomic E-state index is -0.0155. The summed E-state index contributed by atoms with van der Waals surface area (Å²) < 4.78 is 1.89. The molecule has 3 aromatic rings. The largest absolute Gasteiger partial charge is 0.336 e. The number of carbonyl (C=O) groups excluding carboxylic acids is 1. The standard InChI is InChI=1S/C20H22N4O/c1-14-7-8-23-13-18(22-19(23)9-14)20(25)24-11-16(10-21)17(12-24)15-5-3-2-4-6-15/h2-9,13,16-17H,10-12,21H2,1H3/t16-,17+/m1/s1. The number of imidazole rings is 1. The molecule has 5 nitrogen and oxygen atoms in total. The first-order chi connectivity index (χ1) is 12.2. The molecule has 3 heterocycles. The molecule has 0 unspecified atom stereocenters. The summed E-state index contributed by atoms with van der Waals surface area (Å²) in [4.78, 5) is 19.3. The third kappa shape index (κ3) is 2.91. The van der Waals surface area contributed by atoms with E-state index < -0.39 is 0 Å². The molecule has 0 saturated carbocycles. The highest BCUT2D eigenvalue weighted by Gasteiger charge is 2.36. The first kappa shape index (κ1) is 15.8. The van der Waals surface area contributed by atoms with E-state index in [9.17, 15) is 4.79 Å². The molecule has 1 amide bonds. The van der Waals surface area contributed by atoms with Gasteiger partial charge in [-0.2, -0.15) is 0 Å². The second-order valence-electron chi connectivity index (χ2n) is 6.82. The van der Waals surface area contributed by atoms with Gasteiger partial charge in [0, 0.05) is 31.4 Å². The molecule has 2 N–H and O–H groups in total. The van der Waals surface area contributed by atoms with Crippen molar-refractivity contribution in [3.63, 3.8) is 0 Å². The number of likely N-dealkylation sites (tertiary alicyclic amines) is 1. The maximum Gasteiger partial charge on any atom is 0.274 e. The van der Waals surface area contributed by atoms with E-state index in [0.717, 1.165) is 11.2 Å². The van der Waals surface area contributed by atoms with Crippen molar-refractivity contribution in [2.45, 2.75) is 12.8 Å². The van der Waals surface area contributed by atoms with Crippen LogP contribution in [0.3, 0.4) is 0 Å². The van der Waals surface area contributed by atoms with Crippen LogP contribution in [0.4, 0.5) is 0 Å². The van der Waals surface area contributed by atoms with Crippen molar-refractivity contribution < 1.29 is 4.79 Å². The van der Waals surface area contributed by atoms with E-state index in [4.69, 9.17) is 5.73 Å². The van der Waals surface area contributed by atoms with Gasteiger partial charge in [0.1, 0.15) is 11.3 Å². The molecule has 25 heavy (non-hydrogen) atoms. The Morgan fingerprint density at radius 1 is 1.24 bits per heavy atom. The van der Waals surface area contributed by atoms with Gasteiger partial charge >= 0.3 is 0 Å². The summed E-state index contributed by atoms with van der Waals surface area (Å²) >= 11 is 0. The van der Waals surface area contributed by atoms with Gasteiger partial charge in [-0.05, 0) is 42.6 Å². The average Bonchev–Trinajstić information content (AvgIpc) is 3.25. The molecule has 1 aromatic carbocycles. The smallest absolute Gasteiger partial charge is 0.274 e. The average molecular weight is 334 g/mol. The predicted molar refractivity (Wildman–Crippen MR) is 97.6 cm³/mol. The van der Waals surface area contributed by atoms with Gasteiger partial charge in [-0.3, -0.25) is 4.79 Å². The van der Waals surface area contributed by atoms with Gasteiger partial charge in [-0.15, -0.1) is 0 Å². The Balaban J connectivity index is 1.59. The van der Waals surface area contributed by atoms with E-state index in [0.29, 0.717) is 25.3 Å². The normalized spacial score (nSPS) is 20.3. The van der Waals surface area contributed by atoms with Gasteiger partial charge in [-0.25, -0.2) is 4.98 Å². The van der Waals surface area contributed by atoms with E-state index in [2.05, 4.69) is 17.1 Å². The Morgan fingerprint density at radius 3 is 2.80 bits per heavy atom. The summed E-state index contributed by atoms with van der Waals surface area (Å²) in [6.07, 6.45) is 3.75. The molecular weight excluding hydrogens is 312 g/mol. The molecule has 2 aromatic heterocycles. The molecule has 0 spiro atoms. The Hall–Kier alpha value is -2.66. The van der Waals surface area contributed by atoms with Gasteiger partial charge in [0.25, 0.3) is 5.91 Å². The van der Waals surface area contributed by atoms with Crippen molar-refractivity contribution in [1.82, 2.24) is 14.3 Å². The second-order valence-corrected chi connectivity index (χ2v) is 6.82. The number of fused-ring (bicyclic) bond motifs is 1. The summed E-state index contributed by atoms with van der Waals surface area (Å²) in [5, 5.41) is 0.